The molecule has 0 bridgehead atoms. The zero-order valence-corrected chi connectivity index (χ0v) is 67.5. The van der Waals surface area contributed by atoms with E-state index in [0.29, 0.717) is 25.7 Å². The van der Waals surface area contributed by atoms with E-state index in [0.717, 1.165) is 193 Å². The second-order valence-electron chi connectivity index (χ2n) is 27.3. The fourth-order valence-electron chi connectivity index (χ4n) is 10.9. The van der Waals surface area contributed by atoms with Gasteiger partial charge in [0, 0.05) is 25.7 Å². The Kier molecular flexibility index (Phi) is 73.7. The van der Waals surface area contributed by atoms with Gasteiger partial charge in [-0.15, -0.1) is 0 Å². The molecule has 0 aromatic heterocycles. The molecular formula is C85H148O17P2. The Morgan fingerprint density at radius 2 is 0.500 bits per heavy atom. The smallest absolute Gasteiger partial charge is 0.462 e. The fourth-order valence-corrected chi connectivity index (χ4v) is 12.5. The van der Waals surface area contributed by atoms with Crippen molar-refractivity contribution < 1.29 is 80.2 Å². The third-order valence-corrected chi connectivity index (χ3v) is 19.1. The summed E-state index contributed by atoms with van der Waals surface area (Å²) in [7, 11) is -9.97. The van der Waals surface area contributed by atoms with Gasteiger partial charge in [0.2, 0.25) is 0 Å². The molecule has 0 aromatic carbocycles. The van der Waals surface area contributed by atoms with E-state index in [1.165, 1.54) is 77.0 Å². The first-order valence-corrected chi connectivity index (χ1v) is 44.1. The minimum absolute atomic E-state index is 0.0749. The van der Waals surface area contributed by atoms with Gasteiger partial charge in [0.1, 0.15) is 19.3 Å². The molecule has 0 fully saturated rings. The first-order chi connectivity index (χ1) is 50.7. The van der Waals surface area contributed by atoms with E-state index in [-0.39, 0.29) is 25.7 Å². The van der Waals surface area contributed by atoms with Gasteiger partial charge >= 0.3 is 39.5 Å². The number of aliphatic hydroxyl groups is 1. The topological polar surface area (TPSA) is 237 Å². The fraction of sp³-hybridized carbons (Fsp3) is 0.741. The quantitative estimate of drug-likeness (QED) is 0.0169. The largest absolute Gasteiger partial charge is 0.472 e. The summed E-state index contributed by atoms with van der Waals surface area (Å²) in [6.07, 6.45) is 83.4. The highest BCUT2D eigenvalue weighted by molar-refractivity contribution is 7.47. The Bertz CT molecular complexity index is 2390. The molecule has 17 nitrogen and oxygen atoms in total. The Morgan fingerprint density at radius 1 is 0.279 bits per heavy atom. The molecule has 0 saturated carbocycles. The molecule has 600 valence electrons. The number of allylic oxidation sites excluding steroid dienone is 18. The molecule has 0 aliphatic rings. The molecule has 0 heterocycles. The molecule has 0 aliphatic heterocycles. The van der Waals surface area contributed by atoms with Crippen LogP contribution in [0, 0.1) is 0 Å². The third-order valence-electron chi connectivity index (χ3n) is 17.2. The van der Waals surface area contributed by atoms with Crippen LogP contribution in [0.1, 0.15) is 349 Å². The van der Waals surface area contributed by atoms with Crippen molar-refractivity contribution in [3.05, 3.63) is 109 Å². The number of phosphoric ester groups is 2. The lowest BCUT2D eigenvalue weighted by Crippen LogP contribution is -2.30. The van der Waals surface area contributed by atoms with E-state index in [9.17, 15) is 43.2 Å². The summed E-state index contributed by atoms with van der Waals surface area (Å²) >= 11 is 0. The average molecular weight is 1500 g/mol. The van der Waals surface area contributed by atoms with Crippen molar-refractivity contribution >= 4 is 39.5 Å². The van der Waals surface area contributed by atoms with Crippen LogP contribution >= 0.6 is 15.6 Å². The maximum atomic E-state index is 13.1. The number of ether oxygens (including phenoxy) is 4. The Morgan fingerprint density at radius 3 is 0.798 bits per heavy atom. The van der Waals surface area contributed by atoms with Crippen molar-refractivity contribution in [1.82, 2.24) is 0 Å². The van der Waals surface area contributed by atoms with Crippen LogP contribution in [-0.4, -0.2) is 96.7 Å². The summed E-state index contributed by atoms with van der Waals surface area (Å²) in [5.74, 6) is -2.22. The minimum atomic E-state index is -4.99. The van der Waals surface area contributed by atoms with Crippen molar-refractivity contribution in [3.8, 4) is 0 Å². The Hall–Kier alpha value is -4.28. The lowest BCUT2D eigenvalue weighted by atomic mass is 10.1. The summed E-state index contributed by atoms with van der Waals surface area (Å²) < 4.78 is 68.7. The number of hydrogen-bond acceptors (Lipinski definition) is 15. The molecular weight excluding hydrogens is 1350 g/mol. The molecule has 3 N–H and O–H groups in total. The van der Waals surface area contributed by atoms with Crippen LogP contribution in [0.15, 0.2) is 109 Å². The highest BCUT2D eigenvalue weighted by Gasteiger charge is 2.30. The van der Waals surface area contributed by atoms with E-state index >= 15 is 0 Å². The van der Waals surface area contributed by atoms with Crippen LogP contribution in [0.2, 0.25) is 0 Å². The maximum absolute atomic E-state index is 13.1. The highest BCUT2D eigenvalue weighted by atomic mass is 31.2. The lowest BCUT2D eigenvalue weighted by molar-refractivity contribution is -0.161. The SMILES string of the molecule is CC/C=C\C/C=C\C/C=C\CCCCCCCC(=O)OCC(COP(=O)(O)OCC(O)COP(=O)(O)OCC(COC(=O)CCCCCCCC/C=C\C/C=C\C/C=C\CCCCC)OC(=O)CCCCCCC/C=C\C/C=C\CCCCC)OC(=O)CCCCCCC/C=C\CCCCCCCC. The number of unbranched alkanes of at least 4 members (excludes halogenated alkanes) is 33. The van der Waals surface area contributed by atoms with Crippen LogP contribution in [0.4, 0.5) is 0 Å². The number of rotatable bonds is 77. The van der Waals surface area contributed by atoms with Gasteiger partial charge in [0.25, 0.3) is 0 Å². The van der Waals surface area contributed by atoms with Gasteiger partial charge < -0.3 is 33.8 Å². The predicted octanol–water partition coefficient (Wildman–Crippen LogP) is 24.1. The first-order valence-electron chi connectivity index (χ1n) is 41.1. The second kappa shape index (κ2) is 76.9. The van der Waals surface area contributed by atoms with E-state index in [1.807, 2.05) is 0 Å². The molecule has 5 unspecified atom stereocenters. The molecule has 0 radical (unpaired) electrons. The van der Waals surface area contributed by atoms with Crippen molar-refractivity contribution in [2.45, 2.75) is 367 Å². The molecule has 0 aromatic rings. The van der Waals surface area contributed by atoms with Gasteiger partial charge in [0.05, 0.1) is 26.4 Å². The Labute approximate surface area is 632 Å². The maximum Gasteiger partial charge on any atom is 0.472 e. The first kappa shape index (κ1) is 99.7. The molecule has 0 spiro atoms. The standard InChI is InChI=1S/C85H148O17P2/c1-5-9-13-17-21-25-29-33-37-38-39-40-44-46-50-54-58-62-66-70-83(88)96-76-81(102-85(90)72-68-64-60-56-52-48-43-36-32-28-24-20-16-12-8-4)78-100-104(93,94)98-74-79(86)73-97-103(91,92)99-77-80(101-84(89)71-67-63-59-55-51-47-42-35-31-27-23-19-15-11-7-3)75-95-82(87)69-65-61-57-53-49-45-41-34-30-26-22-18-14-10-6-2/h10,14,21-22,24-26,28,33-37,39-43,79-81,86H,5-9,11-13,15-20,23,27,29-32,38,44-78H2,1-4H3,(H,91,92)(H,93,94)/b14-10-,25-21-,26-22-,28-24-,37-33-,40-39-,41-34-,42-35-,43-36-. The van der Waals surface area contributed by atoms with Gasteiger partial charge in [-0.25, -0.2) is 9.13 Å². The lowest BCUT2D eigenvalue weighted by Gasteiger charge is -2.21. The monoisotopic (exact) mass is 1500 g/mol. The van der Waals surface area contributed by atoms with E-state index in [2.05, 4.69) is 137 Å². The van der Waals surface area contributed by atoms with Crippen molar-refractivity contribution in [1.29, 1.82) is 0 Å². The summed E-state index contributed by atoms with van der Waals surface area (Å²) in [4.78, 5) is 73.1. The van der Waals surface area contributed by atoms with E-state index < -0.39 is 97.5 Å². The van der Waals surface area contributed by atoms with Crippen LogP contribution < -0.4 is 0 Å². The Balaban J connectivity index is 5.39. The van der Waals surface area contributed by atoms with Crippen LogP contribution in [0.3, 0.4) is 0 Å². The van der Waals surface area contributed by atoms with Crippen molar-refractivity contribution in [3.63, 3.8) is 0 Å². The second-order valence-corrected chi connectivity index (χ2v) is 30.2. The predicted molar refractivity (Wildman–Crippen MR) is 427 cm³/mol. The molecule has 0 amide bonds. The van der Waals surface area contributed by atoms with Gasteiger partial charge in [0.15, 0.2) is 12.2 Å². The molecule has 0 rings (SSSR count). The highest BCUT2D eigenvalue weighted by Crippen LogP contribution is 2.45. The molecule has 0 aliphatic carbocycles. The van der Waals surface area contributed by atoms with Gasteiger partial charge in [-0.2, -0.15) is 0 Å². The van der Waals surface area contributed by atoms with Crippen molar-refractivity contribution in [2.24, 2.45) is 0 Å². The van der Waals surface area contributed by atoms with Gasteiger partial charge in [-0.1, -0.05) is 278 Å². The summed E-state index contributed by atoms with van der Waals surface area (Å²) in [6, 6.07) is 0. The summed E-state index contributed by atoms with van der Waals surface area (Å²) in [6.45, 7) is 4.69. The number of phosphoric acid groups is 2. The third kappa shape index (κ3) is 75.9. The molecule has 104 heavy (non-hydrogen) atoms. The van der Waals surface area contributed by atoms with Crippen LogP contribution in [0.25, 0.3) is 0 Å². The summed E-state index contributed by atoms with van der Waals surface area (Å²) in [5.41, 5.74) is 0. The van der Waals surface area contributed by atoms with Gasteiger partial charge in [-0.05, 0) is 154 Å². The van der Waals surface area contributed by atoms with E-state index in [4.69, 9.17) is 37.0 Å². The minimum Gasteiger partial charge on any atom is -0.462 e. The zero-order valence-electron chi connectivity index (χ0n) is 65.7. The van der Waals surface area contributed by atoms with E-state index in [1.54, 1.807) is 0 Å². The number of esters is 4. The number of carbonyl (C=O) groups excluding carboxylic acids is 4. The molecule has 5 atom stereocenters. The van der Waals surface area contributed by atoms with Crippen LogP contribution in [-0.2, 0) is 65.4 Å². The molecule has 19 heteroatoms. The number of aliphatic hydroxyl groups excluding tert-OH is 1. The van der Waals surface area contributed by atoms with Crippen LogP contribution in [0.5, 0.6) is 0 Å². The normalized spacial score (nSPS) is 14.4. The van der Waals surface area contributed by atoms with Crippen molar-refractivity contribution in [2.75, 3.05) is 39.6 Å². The van der Waals surface area contributed by atoms with Gasteiger partial charge in [-0.3, -0.25) is 37.3 Å². The number of carbonyl (C=O) groups is 4. The zero-order chi connectivity index (χ0) is 76.0. The average Bonchev–Trinajstić information content (AvgIpc) is 0.912. The molecule has 0 saturated heterocycles. The number of hydrogen-bond donors (Lipinski definition) is 3. The summed E-state index contributed by atoms with van der Waals surface area (Å²) in [5, 5.41) is 10.7.